The number of aryl methyl sites for hydroxylation is 1. The molecule has 3 aromatic carbocycles. The predicted molar refractivity (Wildman–Crippen MR) is 134 cm³/mol. The van der Waals surface area contributed by atoms with Gasteiger partial charge < -0.3 is 19.5 Å². The fourth-order valence-electron chi connectivity index (χ4n) is 4.53. The molecule has 6 heteroatoms. The van der Waals surface area contributed by atoms with E-state index in [1.165, 1.54) is 11.1 Å². The van der Waals surface area contributed by atoms with Gasteiger partial charge in [-0.3, -0.25) is 4.79 Å². The maximum Gasteiger partial charge on any atom is 0.332 e. The van der Waals surface area contributed by atoms with Crippen molar-refractivity contribution in [3.05, 3.63) is 94.5 Å². The highest BCUT2D eigenvalue weighted by Gasteiger charge is 2.46. The van der Waals surface area contributed by atoms with Gasteiger partial charge in [-0.05, 0) is 48.7 Å². The highest BCUT2D eigenvalue weighted by atomic mass is 16.5. The minimum Gasteiger partial charge on any atom is -0.493 e. The van der Waals surface area contributed by atoms with Crippen LogP contribution in [0.25, 0.3) is 0 Å². The molecule has 1 aliphatic carbocycles. The van der Waals surface area contributed by atoms with Crippen LogP contribution in [-0.2, 0) is 28.8 Å². The number of hydrogen-bond acceptors (Lipinski definition) is 5. The second-order valence-electron chi connectivity index (χ2n) is 8.83. The molecule has 0 heterocycles. The van der Waals surface area contributed by atoms with Gasteiger partial charge >= 0.3 is 5.97 Å². The summed E-state index contributed by atoms with van der Waals surface area (Å²) in [6.07, 6.45) is 1.51. The first-order valence-electron chi connectivity index (χ1n) is 11.9. The number of methoxy groups -OCH3 is 1. The predicted octanol–water partition coefficient (Wildman–Crippen LogP) is 4.46. The average molecular weight is 474 g/mol. The molecule has 0 aliphatic heterocycles. The van der Waals surface area contributed by atoms with Crippen LogP contribution in [0.1, 0.15) is 39.5 Å². The van der Waals surface area contributed by atoms with E-state index in [1.807, 2.05) is 30.3 Å². The van der Waals surface area contributed by atoms with Crippen LogP contribution >= 0.6 is 0 Å². The summed E-state index contributed by atoms with van der Waals surface area (Å²) in [6.45, 7) is 4.50. The van der Waals surface area contributed by atoms with Crippen molar-refractivity contribution >= 4 is 11.9 Å². The molecule has 0 aromatic heterocycles. The lowest BCUT2D eigenvalue weighted by molar-refractivity contribution is -0.150. The Hall–Kier alpha value is -3.80. The first-order valence-corrected chi connectivity index (χ1v) is 11.9. The Bertz CT molecular complexity index is 1190. The Balaban J connectivity index is 1.51. The average Bonchev–Trinajstić information content (AvgIpc) is 3.23. The molecule has 0 radical (unpaired) electrons. The van der Waals surface area contributed by atoms with Crippen molar-refractivity contribution in [1.29, 1.82) is 0 Å². The van der Waals surface area contributed by atoms with Crippen LogP contribution in [0.15, 0.2) is 66.7 Å². The second-order valence-corrected chi connectivity index (χ2v) is 8.83. The molecule has 0 saturated heterocycles. The van der Waals surface area contributed by atoms with E-state index in [-0.39, 0.29) is 12.5 Å². The lowest BCUT2D eigenvalue weighted by Gasteiger charge is -2.28. The van der Waals surface area contributed by atoms with Gasteiger partial charge in [0.2, 0.25) is 0 Å². The van der Waals surface area contributed by atoms with Crippen molar-refractivity contribution in [2.75, 3.05) is 20.3 Å². The molecule has 1 aliphatic rings. The molecule has 0 bridgehead atoms. The maximum atomic E-state index is 13.3. The summed E-state index contributed by atoms with van der Waals surface area (Å²) in [7, 11) is 1.56. The number of benzene rings is 3. The molecule has 35 heavy (non-hydrogen) atoms. The molecule has 1 N–H and O–H groups in total. The summed E-state index contributed by atoms with van der Waals surface area (Å²) in [6, 6.07) is 21.1. The minimum absolute atomic E-state index is 0.244. The van der Waals surface area contributed by atoms with Gasteiger partial charge in [0.05, 0.1) is 20.3 Å². The van der Waals surface area contributed by atoms with Gasteiger partial charge in [-0.25, -0.2) is 4.79 Å². The minimum atomic E-state index is -1.14. The molecule has 182 valence electrons. The summed E-state index contributed by atoms with van der Waals surface area (Å²) >= 11 is 0. The summed E-state index contributed by atoms with van der Waals surface area (Å²) in [5.74, 6) is 0.233. The molecule has 1 amide bonds. The third-order valence-electron chi connectivity index (χ3n) is 6.28. The third kappa shape index (κ3) is 5.48. The topological polar surface area (TPSA) is 73.9 Å². The quantitative estimate of drug-likeness (QED) is 0.465. The van der Waals surface area contributed by atoms with Crippen LogP contribution in [0.4, 0.5) is 0 Å². The van der Waals surface area contributed by atoms with Gasteiger partial charge in [0.15, 0.2) is 11.5 Å². The Morgan fingerprint density at radius 2 is 1.69 bits per heavy atom. The summed E-state index contributed by atoms with van der Waals surface area (Å²) < 4.78 is 16.8. The number of nitrogens with one attached hydrogen (secondary N) is 1. The Labute approximate surface area is 206 Å². The van der Waals surface area contributed by atoms with Gasteiger partial charge in [0.1, 0.15) is 5.54 Å². The number of rotatable bonds is 9. The first kappa shape index (κ1) is 24.3. The summed E-state index contributed by atoms with van der Waals surface area (Å²) in [5, 5.41) is 2.98. The second kappa shape index (κ2) is 10.6. The molecule has 4 rings (SSSR count). The highest BCUT2D eigenvalue weighted by Crippen LogP contribution is 2.33. The molecule has 6 nitrogen and oxygen atoms in total. The fraction of sp³-hybridized carbons (Fsp3) is 0.310. The Morgan fingerprint density at radius 1 is 0.943 bits per heavy atom. The molecule has 0 unspecified atom stereocenters. The van der Waals surface area contributed by atoms with Gasteiger partial charge in [-0.2, -0.15) is 0 Å². The lowest BCUT2D eigenvalue weighted by atomic mass is 9.95. The standard InChI is InChI=1S/C29H31NO5/c1-4-34-28(32)29(18-23-10-5-6-11-24(23)19-29)30-27(31)22-12-13-25(33-3)26(17-22)35-15-14-21-9-7-8-20(2)16-21/h5-13,16-17H,4,14-15,18-19H2,1-3H3,(H,30,31). The summed E-state index contributed by atoms with van der Waals surface area (Å²) in [4.78, 5) is 26.3. The van der Waals surface area contributed by atoms with E-state index in [4.69, 9.17) is 14.2 Å². The zero-order chi connectivity index (χ0) is 24.8. The van der Waals surface area contributed by atoms with E-state index in [1.54, 1.807) is 32.2 Å². The molecule has 0 atom stereocenters. The molecular weight excluding hydrogens is 442 g/mol. The van der Waals surface area contributed by atoms with Gasteiger partial charge in [-0.15, -0.1) is 0 Å². The third-order valence-corrected chi connectivity index (χ3v) is 6.28. The van der Waals surface area contributed by atoms with Crippen LogP contribution in [0.3, 0.4) is 0 Å². The van der Waals surface area contributed by atoms with Crippen molar-refractivity contribution in [3.63, 3.8) is 0 Å². The SMILES string of the molecule is CCOC(=O)C1(NC(=O)c2ccc(OC)c(OCCc3cccc(C)c3)c2)Cc2ccccc2C1. The monoisotopic (exact) mass is 473 g/mol. The smallest absolute Gasteiger partial charge is 0.332 e. The van der Waals surface area contributed by atoms with Crippen molar-refractivity contribution in [2.45, 2.75) is 38.6 Å². The van der Waals surface area contributed by atoms with Crippen molar-refractivity contribution < 1.29 is 23.8 Å². The van der Waals surface area contributed by atoms with E-state index in [0.717, 1.165) is 17.5 Å². The number of carbonyl (C=O) groups is 2. The van der Waals surface area contributed by atoms with Gasteiger partial charge in [0.25, 0.3) is 5.91 Å². The molecular formula is C29H31NO5. The molecule has 0 fully saturated rings. The van der Waals surface area contributed by atoms with Crippen molar-refractivity contribution in [3.8, 4) is 11.5 Å². The van der Waals surface area contributed by atoms with Crippen molar-refractivity contribution in [2.24, 2.45) is 0 Å². The number of ether oxygens (including phenoxy) is 3. The van der Waals surface area contributed by atoms with E-state index in [0.29, 0.717) is 36.5 Å². The molecule has 0 spiro atoms. The maximum absolute atomic E-state index is 13.3. The van der Waals surface area contributed by atoms with Crippen LogP contribution in [0, 0.1) is 6.92 Å². The van der Waals surface area contributed by atoms with Gasteiger partial charge in [-0.1, -0.05) is 54.1 Å². The largest absolute Gasteiger partial charge is 0.493 e. The number of hydrogen-bond donors (Lipinski definition) is 1. The summed E-state index contributed by atoms with van der Waals surface area (Å²) in [5.41, 5.74) is 3.70. The van der Waals surface area contributed by atoms with Crippen molar-refractivity contribution in [1.82, 2.24) is 5.32 Å². The number of carbonyl (C=O) groups excluding carboxylic acids is 2. The zero-order valence-electron chi connectivity index (χ0n) is 20.4. The highest BCUT2D eigenvalue weighted by molar-refractivity contribution is 5.99. The Kier molecular flexibility index (Phi) is 7.39. The van der Waals surface area contributed by atoms with Gasteiger partial charge in [0, 0.05) is 24.8 Å². The van der Waals surface area contributed by atoms with E-state index >= 15 is 0 Å². The van der Waals surface area contributed by atoms with Crippen LogP contribution < -0.4 is 14.8 Å². The van der Waals surface area contributed by atoms with Crippen LogP contribution in [-0.4, -0.2) is 37.7 Å². The fourth-order valence-corrected chi connectivity index (χ4v) is 4.53. The Morgan fingerprint density at radius 3 is 2.34 bits per heavy atom. The molecule has 3 aromatic rings. The number of fused-ring (bicyclic) bond motifs is 1. The van der Waals surface area contributed by atoms with E-state index < -0.39 is 11.5 Å². The first-order chi connectivity index (χ1) is 16.9. The van der Waals surface area contributed by atoms with Crippen LogP contribution in [0.2, 0.25) is 0 Å². The van der Waals surface area contributed by atoms with Crippen LogP contribution in [0.5, 0.6) is 11.5 Å². The number of esters is 1. The molecule has 0 saturated carbocycles. The van der Waals surface area contributed by atoms with E-state index in [2.05, 4.69) is 30.4 Å². The number of amides is 1. The van der Waals surface area contributed by atoms with E-state index in [9.17, 15) is 9.59 Å². The zero-order valence-corrected chi connectivity index (χ0v) is 20.4. The normalized spacial score (nSPS) is 13.6. The lowest BCUT2D eigenvalue weighted by Crippen LogP contribution is -2.56.